The number of nitrogens with zero attached hydrogens (tertiary/aromatic N) is 1. The second-order valence-corrected chi connectivity index (χ2v) is 8.29. The fraction of sp³-hybridized carbons (Fsp3) is 0.200. The summed E-state index contributed by atoms with van der Waals surface area (Å²) in [6.07, 6.45) is 0.960. The number of aryl methyl sites for hydroxylation is 1. The van der Waals surface area contributed by atoms with E-state index in [2.05, 4.69) is 24.4 Å². The molecule has 4 rings (SSSR count). The molecular weight excluding hydrogens is 408 g/mol. The van der Waals surface area contributed by atoms with Crippen LogP contribution in [0.5, 0.6) is 5.75 Å². The van der Waals surface area contributed by atoms with Crippen molar-refractivity contribution in [2.24, 2.45) is 0 Å². The van der Waals surface area contributed by atoms with Gasteiger partial charge in [0.05, 0.1) is 5.75 Å². The molecule has 1 aliphatic rings. The first-order chi connectivity index (χ1) is 15.1. The van der Waals surface area contributed by atoms with E-state index in [1.54, 1.807) is 11.8 Å². The van der Waals surface area contributed by atoms with Crippen molar-refractivity contribution in [3.05, 3.63) is 90.0 Å². The molecule has 1 fully saturated rings. The molecule has 0 bridgehead atoms. The number of carbonyl (C=O) groups excluding carboxylic acids is 2. The summed E-state index contributed by atoms with van der Waals surface area (Å²) in [7, 11) is 0. The van der Waals surface area contributed by atoms with Crippen molar-refractivity contribution in [1.82, 2.24) is 0 Å². The Kier molecular flexibility index (Phi) is 6.57. The van der Waals surface area contributed by atoms with Gasteiger partial charge in [0.1, 0.15) is 11.1 Å². The van der Waals surface area contributed by atoms with Crippen LogP contribution in [0.15, 0.2) is 78.9 Å². The zero-order valence-electron chi connectivity index (χ0n) is 17.3. The fourth-order valence-electron chi connectivity index (χ4n) is 3.47. The summed E-state index contributed by atoms with van der Waals surface area (Å²) in [5.74, 6) is 0.937. The number of amides is 2. The molecule has 1 aliphatic heterocycles. The van der Waals surface area contributed by atoms with E-state index in [1.165, 1.54) is 5.56 Å². The number of hydrogen-bond donors (Lipinski definition) is 1. The highest BCUT2D eigenvalue weighted by Gasteiger charge is 2.34. The van der Waals surface area contributed by atoms with Crippen molar-refractivity contribution in [3.63, 3.8) is 0 Å². The van der Waals surface area contributed by atoms with Crippen molar-refractivity contribution >= 4 is 35.0 Å². The lowest BCUT2D eigenvalue weighted by Gasteiger charge is -2.25. The molecule has 158 valence electrons. The van der Waals surface area contributed by atoms with Crippen molar-refractivity contribution in [1.29, 1.82) is 0 Å². The molecule has 6 heteroatoms. The summed E-state index contributed by atoms with van der Waals surface area (Å²) in [5, 5.41) is 2.75. The van der Waals surface area contributed by atoms with Crippen LogP contribution in [-0.2, 0) is 16.0 Å². The van der Waals surface area contributed by atoms with Crippen LogP contribution in [0.3, 0.4) is 0 Å². The number of benzene rings is 3. The minimum atomic E-state index is -0.233. The summed E-state index contributed by atoms with van der Waals surface area (Å²) < 4.78 is 5.51. The van der Waals surface area contributed by atoms with Crippen molar-refractivity contribution in [2.75, 3.05) is 22.6 Å². The molecule has 3 aromatic carbocycles. The summed E-state index contributed by atoms with van der Waals surface area (Å²) in [6, 6.07) is 25.0. The van der Waals surface area contributed by atoms with Gasteiger partial charge in [-0.2, -0.15) is 0 Å². The van der Waals surface area contributed by atoms with Gasteiger partial charge in [0.25, 0.3) is 5.91 Å². The number of thioether (sulfide) groups is 1. The van der Waals surface area contributed by atoms with Crippen molar-refractivity contribution in [3.8, 4) is 5.75 Å². The van der Waals surface area contributed by atoms with Gasteiger partial charge in [0.15, 0.2) is 6.61 Å². The Labute approximate surface area is 186 Å². The van der Waals surface area contributed by atoms with Gasteiger partial charge in [-0.15, -0.1) is 11.8 Å². The summed E-state index contributed by atoms with van der Waals surface area (Å²) in [5.41, 5.74) is 3.78. The van der Waals surface area contributed by atoms with Gasteiger partial charge < -0.3 is 10.1 Å². The third-order valence-electron chi connectivity index (χ3n) is 5.06. The Balaban J connectivity index is 1.46. The van der Waals surface area contributed by atoms with Crippen LogP contribution in [0.25, 0.3) is 0 Å². The second-order valence-electron chi connectivity index (χ2n) is 7.22. The zero-order valence-corrected chi connectivity index (χ0v) is 18.1. The van der Waals surface area contributed by atoms with Crippen LogP contribution in [0.4, 0.5) is 11.4 Å². The second kappa shape index (κ2) is 9.71. The molecule has 0 aliphatic carbocycles. The highest BCUT2D eigenvalue weighted by molar-refractivity contribution is 8.00. The lowest BCUT2D eigenvalue weighted by Crippen LogP contribution is -2.28. The molecule has 2 amide bonds. The molecule has 0 radical (unpaired) electrons. The number of ether oxygens (including phenoxy) is 1. The van der Waals surface area contributed by atoms with Crippen LogP contribution in [0, 0.1) is 0 Å². The minimum absolute atomic E-state index is 0.0686. The largest absolute Gasteiger partial charge is 0.484 e. The molecular formula is C25H24N2O3S. The van der Waals surface area contributed by atoms with Gasteiger partial charge in [-0.3, -0.25) is 14.5 Å². The SMILES string of the molecule is CCc1ccc(N2C(=O)CSC2c2cccc(NC(=O)COc3ccccc3)c2)cc1. The number of anilines is 2. The molecule has 5 nitrogen and oxygen atoms in total. The standard InChI is InChI=1S/C25H24N2O3S/c1-2-18-11-13-21(14-12-18)27-24(29)17-31-25(27)19-7-6-8-20(15-19)26-23(28)16-30-22-9-4-3-5-10-22/h3-15,25H,2,16-17H2,1H3,(H,26,28). The Morgan fingerprint density at radius 1 is 1.06 bits per heavy atom. The van der Waals surface area contributed by atoms with Crippen LogP contribution in [0.1, 0.15) is 23.4 Å². The highest BCUT2D eigenvalue weighted by atomic mass is 32.2. The predicted octanol–water partition coefficient (Wildman–Crippen LogP) is 5.05. The van der Waals surface area contributed by atoms with Gasteiger partial charge in [0, 0.05) is 11.4 Å². The molecule has 1 atom stereocenters. The lowest BCUT2D eigenvalue weighted by atomic mass is 10.1. The molecule has 0 spiro atoms. The average Bonchev–Trinajstić information content (AvgIpc) is 3.20. The Bertz CT molecular complexity index is 1050. The Morgan fingerprint density at radius 3 is 2.58 bits per heavy atom. The number of carbonyl (C=O) groups is 2. The van der Waals surface area contributed by atoms with E-state index in [0.717, 1.165) is 17.7 Å². The zero-order chi connectivity index (χ0) is 21.6. The van der Waals surface area contributed by atoms with E-state index < -0.39 is 0 Å². The maximum absolute atomic E-state index is 12.6. The Morgan fingerprint density at radius 2 is 1.84 bits per heavy atom. The third kappa shape index (κ3) is 5.09. The van der Waals surface area contributed by atoms with Crippen LogP contribution >= 0.6 is 11.8 Å². The summed E-state index contributed by atoms with van der Waals surface area (Å²) >= 11 is 1.59. The normalized spacial score (nSPS) is 15.7. The van der Waals surface area contributed by atoms with Gasteiger partial charge in [-0.05, 0) is 53.9 Å². The third-order valence-corrected chi connectivity index (χ3v) is 6.27. The quantitative estimate of drug-likeness (QED) is 0.568. The topological polar surface area (TPSA) is 58.6 Å². The monoisotopic (exact) mass is 432 g/mol. The smallest absolute Gasteiger partial charge is 0.262 e. The molecule has 1 saturated heterocycles. The van der Waals surface area contributed by atoms with E-state index >= 15 is 0 Å². The minimum Gasteiger partial charge on any atom is -0.484 e. The van der Waals surface area contributed by atoms with E-state index in [1.807, 2.05) is 71.6 Å². The lowest BCUT2D eigenvalue weighted by molar-refractivity contribution is -0.118. The molecule has 0 saturated carbocycles. The molecule has 0 aromatic heterocycles. The summed E-state index contributed by atoms with van der Waals surface area (Å²) in [6.45, 7) is 2.04. The van der Waals surface area contributed by atoms with Crippen molar-refractivity contribution < 1.29 is 14.3 Å². The fourth-order valence-corrected chi connectivity index (χ4v) is 4.64. The van der Waals surface area contributed by atoms with Crippen LogP contribution < -0.4 is 15.0 Å². The van der Waals surface area contributed by atoms with Crippen LogP contribution in [-0.4, -0.2) is 24.2 Å². The predicted molar refractivity (Wildman–Crippen MR) is 126 cm³/mol. The number of rotatable bonds is 7. The highest BCUT2D eigenvalue weighted by Crippen LogP contribution is 2.42. The van der Waals surface area contributed by atoms with E-state index in [0.29, 0.717) is 17.2 Å². The van der Waals surface area contributed by atoms with Gasteiger partial charge in [0.2, 0.25) is 5.91 Å². The van der Waals surface area contributed by atoms with Crippen LogP contribution in [0.2, 0.25) is 0 Å². The maximum Gasteiger partial charge on any atom is 0.262 e. The molecule has 1 N–H and O–H groups in total. The number of nitrogens with one attached hydrogen (secondary N) is 1. The van der Waals surface area contributed by atoms with E-state index in [4.69, 9.17) is 4.74 Å². The van der Waals surface area contributed by atoms with Gasteiger partial charge >= 0.3 is 0 Å². The molecule has 1 heterocycles. The first-order valence-electron chi connectivity index (χ1n) is 10.2. The van der Waals surface area contributed by atoms with E-state index in [-0.39, 0.29) is 23.8 Å². The maximum atomic E-state index is 12.6. The molecule has 1 unspecified atom stereocenters. The summed E-state index contributed by atoms with van der Waals surface area (Å²) in [4.78, 5) is 26.8. The van der Waals surface area contributed by atoms with E-state index in [9.17, 15) is 9.59 Å². The Hall–Kier alpha value is -3.25. The van der Waals surface area contributed by atoms with Crippen molar-refractivity contribution in [2.45, 2.75) is 18.7 Å². The number of hydrogen-bond acceptors (Lipinski definition) is 4. The number of para-hydroxylation sites is 1. The molecule has 3 aromatic rings. The first-order valence-corrected chi connectivity index (χ1v) is 11.3. The average molecular weight is 433 g/mol. The first kappa shape index (κ1) is 21.0. The van der Waals surface area contributed by atoms with Gasteiger partial charge in [-0.1, -0.05) is 49.4 Å². The molecule has 31 heavy (non-hydrogen) atoms. The van der Waals surface area contributed by atoms with Gasteiger partial charge in [-0.25, -0.2) is 0 Å².